The zero-order valence-corrected chi connectivity index (χ0v) is 9.12. The third kappa shape index (κ3) is 3.29. The Labute approximate surface area is 85.8 Å². The zero-order chi connectivity index (χ0) is 10.4. The van der Waals surface area contributed by atoms with Crippen LogP contribution >= 0.6 is 0 Å². The lowest BCUT2D eigenvalue weighted by Gasteiger charge is -2.24. The minimum Gasteiger partial charge on any atom is -0.469 e. The van der Waals surface area contributed by atoms with Crippen molar-refractivity contribution >= 4 is 5.97 Å². The van der Waals surface area contributed by atoms with Crippen molar-refractivity contribution in [3.8, 4) is 0 Å². The lowest BCUT2D eigenvalue weighted by atomic mass is 9.88. The van der Waals surface area contributed by atoms with E-state index in [1.165, 1.54) is 7.11 Å². The van der Waals surface area contributed by atoms with Crippen LogP contribution in [0.1, 0.15) is 32.6 Å². The summed E-state index contributed by atoms with van der Waals surface area (Å²) in [4.78, 5) is 11.4. The van der Waals surface area contributed by atoms with Gasteiger partial charge < -0.3 is 9.47 Å². The SMILES string of the molecule is CCC(CC1CCOCC1)C(=O)OC. The highest BCUT2D eigenvalue weighted by molar-refractivity contribution is 5.72. The van der Waals surface area contributed by atoms with Crippen molar-refractivity contribution in [1.29, 1.82) is 0 Å². The fraction of sp³-hybridized carbons (Fsp3) is 0.909. The monoisotopic (exact) mass is 200 g/mol. The second-order valence-corrected chi connectivity index (χ2v) is 3.92. The van der Waals surface area contributed by atoms with Crippen LogP contribution in [-0.4, -0.2) is 26.3 Å². The Morgan fingerprint density at radius 2 is 2.14 bits per heavy atom. The van der Waals surface area contributed by atoms with E-state index in [-0.39, 0.29) is 11.9 Å². The summed E-state index contributed by atoms with van der Waals surface area (Å²) in [5, 5.41) is 0. The second-order valence-electron chi connectivity index (χ2n) is 3.92. The summed E-state index contributed by atoms with van der Waals surface area (Å²) in [7, 11) is 1.47. The number of hydrogen-bond acceptors (Lipinski definition) is 3. The molecule has 0 spiro atoms. The summed E-state index contributed by atoms with van der Waals surface area (Å²) in [5.74, 6) is 0.676. The first kappa shape index (κ1) is 11.5. The number of ether oxygens (including phenoxy) is 2. The predicted octanol–water partition coefficient (Wildman–Crippen LogP) is 2.00. The molecule has 0 saturated carbocycles. The maximum absolute atomic E-state index is 11.4. The van der Waals surface area contributed by atoms with E-state index >= 15 is 0 Å². The molecule has 0 aromatic heterocycles. The van der Waals surface area contributed by atoms with Crippen LogP contribution < -0.4 is 0 Å². The Hall–Kier alpha value is -0.570. The Morgan fingerprint density at radius 1 is 1.50 bits per heavy atom. The maximum Gasteiger partial charge on any atom is 0.308 e. The largest absolute Gasteiger partial charge is 0.469 e. The number of carbonyl (C=O) groups excluding carboxylic acids is 1. The van der Waals surface area contributed by atoms with Crippen LogP contribution in [0.3, 0.4) is 0 Å². The van der Waals surface area contributed by atoms with E-state index in [1.807, 2.05) is 6.92 Å². The molecule has 3 nitrogen and oxygen atoms in total. The molecule has 1 aliphatic rings. The minimum atomic E-state index is -0.0565. The van der Waals surface area contributed by atoms with Gasteiger partial charge in [0.05, 0.1) is 13.0 Å². The quantitative estimate of drug-likeness (QED) is 0.651. The van der Waals surface area contributed by atoms with Crippen molar-refractivity contribution in [2.75, 3.05) is 20.3 Å². The fourth-order valence-electron chi connectivity index (χ4n) is 1.98. The van der Waals surface area contributed by atoms with Gasteiger partial charge in [0, 0.05) is 13.2 Å². The normalized spacial score (nSPS) is 20.4. The molecule has 1 unspecified atom stereocenters. The van der Waals surface area contributed by atoms with Gasteiger partial charge in [0.2, 0.25) is 0 Å². The van der Waals surface area contributed by atoms with E-state index in [9.17, 15) is 4.79 Å². The summed E-state index contributed by atoms with van der Waals surface area (Å²) < 4.78 is 10.1. The van der Waals surface area contributed by atoms with E-state index in [4.69, 9.17) is 9.47 Å². The van der Waals surface area contributed by atoms with Crippen LogP contribution in [0.25, 0.3) is 0 Å². The van der Waals surface area contributed by atoms with Crippen molar-refractivity contribution in [2.24, 2.45) is 11.8 Å². The van der Waals surface area contributed by atoms with Crippen LogP contribution in [0.4, 0.5) is 0 Å². The lowest BCUT2D eigenvalue weighted by Crippen LogP contribution is -2.23. The van der Waals surface area contributed by atoms with Gasteiger partial charge >= 0.3 is 5.97 Å². The fourth-order valence-corrected chi connectivity index (χ4v) is 1.98. The van der Waals surface area contributed by atoms with Gasteiger partial charge in [-0.15, -0.1) is 0 Å². The molecule has 1 fully saturated rings. The first-order valence-corrected chi connectivity index (χ1v) is 5.43. The minimum absolute atomic E-state index is 0.0565. The van der Waals surface area contributed by atoms with Crippen LogP contribution in [0, 0.1) is 11.8 Å². The number of methoxy groups -OCH3 is 1. The predicted molar refractivity (Wildman–Crippen MR) is 54.0 cm³/mol. The lowest BCUT2D eigenvalue weighted by molar-refractivity contribution is -0.146. The van der Waals surface area contributed by atoms with Crippen molar-refractivity contribution in [1.82, 2.24) is 0 Å². The summed E-state index contributed by atoms with van der Waals surface area (Å²) in [6.07, 6.45) is 4.03. The molecule has 3 heteroatoms. The molecule has 1 heterocycles. The van der Waals surface area contributed by atoms with Gasteiger partial charge in [-0.2, -0.15) is 0 Å². The molecule has 0 N–H and O–H groups in total. The average Bonchev–Trinajstić information content (AvgIpc) is 2.26. The van der Waals surface area contributed by atoms with Crippen molar-refractivity contribution < 1.29 is 14.3 Å². The van der Waals surface area contributed by atoms with Gasteiger partial charge in [-0.25, -0.2) is 0 Å². The molecule has 82 valence electrons. The highest BCUT2D eigenvalue weighted by Crippen LogP contribution is 2.25. The molecule has 0 aromatic carbocycles. The number of hydrogen-bond donors (Lipinski definition) is 0. The molecular formula is C11H20O3. The highest BCUT2D eigenvalue weighted by Gasteiger charge is 2.23. The molecule has 0 bridgehead atoms. The Kier molecular flexibility index (Phi) is 4.94. The third-order valence-corrected chi connectivity index (χ3v) is 2.99. The molecule has 1 aliphatic heterocycles. The maximum atomic E-state index is 11.4. The van der Waals surface area contributed by atoms with E-state index in [0.29, 0.717) is 5.92 Å². The first-order chi connectivity index (χ1) is 6.77. The Morgan fingerprint density at radius 3 is 2.64 bits per heavy atom. The smallest absolute Gasteiger partial charge is 0.308 e. The number of esters is 1. The van der Waals surface area contributed by atoms with Gasteiger partial charge in [-0.1, -0.05) is 6.92 Å². The van der Waals surface area contributed by atoms with Gasteiger partial charge in [-0.05, 0) is 31.6 Å². The molecule has 1 rings (SSSR count). The van der Waals surface area contributed by atoms with Crippen LogP contribution in [0.2, 0.25) is 0 Å². The van der Waals surface area contributed by atoms with E-state index in [1.54, 1.807) is 0 Å². The summed E-state index contributed by atoms with van der Waals surface area (Å²) >= 11 is 0. The Bertz CT molecular complexity index is 173. The van der Waals surface area contributed by atoms with E-state index in [0.717, 1.165) is 38.9 Å². The third-order valence-electron chi connectivity index (χ3n) is 2.99. The molecular weight excluding hydrogens is 180 g/mol. The average molecular weight is 200 g/mol. The molecule has 14 heavy (non-hydrogen) atoms. The van der Waals surface area contributed by atoms with E-state index < -0.39 is 0 Å². The van der Waals surface area contributed by atoms with Crippen molar-refractivity contribution in [3.63, 3.8) is 0 Å². The molecule has 0 aromatic rings. The molecule has 1 atom stereocenters. The van der Waals surface area contributed by atoms with Crippen LogP contribution in [0.15, 0.2) is 0 Å². The first-order valence-electron chi connectivity index (χ1n) is 5.43. The second kappa shape index (κ2) is 6.02. The van der Waals surface area contributed by atoms with Gasteiger partial charge in [0.25, 0.3) is 0 Å². The topological polar surface area (TPSA) is 35.5 Å². The van der Waals surface area contributed by atoms with Crippen molar-refractivity contribution in [2.45, 2.75) is 32.6 Å². The molecule has 0 aliphatic carbocycles. The van der Waals surface area contributed by atoms with Gasteiger partial charge in [0.15, 0.2) is 0 Å². The van der Waals surface area contributed by atoms with E-state index in [2.05, 4.69) is 0 Å². The van der Waals surface area contributed by atoms with Crippen molar-refractivity contribution in [3.05, 3.63) is 0 Å². The Balaban J connectivity index is 2.34. The highest BCUT2D eigenvalue weighted by atomic mass is 16.5. The van der Waals surface area contributed by atoms with Gasteiger partial charge in [-0.3, -0.25) is 4.79 Å². The number of carbonyl (C=O) groups is 1. The number of rotatable bonds is 4. The van der Waals surface area contributed by atoms with Crippen LogP contribution in [0.5, 0.6) is 0 Å². The van der Waals surface area contributed by atoms with Gasteiger partial charge in [0.1, 0.15) is 0 Å². The standard InChI is InChI=1S/C11H20O3/c1-3-10(11(12)13-2)8-9-4-6-14-7-5-9/h9-10H,3-8H2,1-2H3. The summed E-state index contributed by atoms with van der Waals surface area (Å²) in [6, 6.07) is 0. The molecule has 0 radical (unpaired) electrons. The summed E-state index contributed by atoms with van der Waals surface area (Å²) in [6.45, 7) is 3.74. The zero-order valence-electron chi connectivity index (χ0n) is 9.12. The molecule has 0 amide bonds. The molecule has 1 saturated heterocycles. The summed E-state index contributed by atoms with van der Waals surface area (Å²) in [5.41, 5.74) is 0. The van der Waals surface area contributed by atoms with Crippen LogP contribution in [-0.2, 0) is 14.3 Å².